The number of β-amino-alcohol motifs (C(OH)–C–C–N with tert-alkyl or cyclic N) is 1. The van der Waals surface area contributed by atoms with E-state index in [-0.39, 0.29) is 18.5 Å². The van der Waals surface area contributed by atoms with E-state index in [9.17, 15) is 19.1 Å². The lowest BCUT2D eigenvalue weighted by atomic mass is 9.92. The molecule has 9 heteroatoms. The van der Waals surface area contributed by atoms with Crippen molar-refractivity contribution >= 4 is 28.6 Å². The van der Waals surface area contributed by atoms with E-state index in [0.717, 1.165) is 22.2 Å². The average Bonchev–Trinajstić information content (AvgIpc) is 3.34. The lowest BCUT2D eigenvalue weighted by Crippen LogP contribution is -2.23. The summed E-state index contributed by atoms with van der Waals surface area (Å²) in [6.07, 6.45) is 3.28. The Labute approximate surface area is 211 Å². The van der Waals surface area contributed by atoms with Crippen LogP contribution in [-0.2, 0) is 6.61 Å². The summed E-state index contributed by atoms with van der Waals surface area (Å²) in [5, 5.41) is 22.6. The summed E-state index contributed by atoms with van der Waals surface area (Å²) in [5.74, 6) is -0.0400. The summed E-state index contributed by atoms with van der Waals surface area (Å²) < 4.78 is 35.8. The SMILES string of the molecule is CN1CC(O)[C@@H](n2c(NC#N)nc3cc(/C=C4\c5ccc(F)cc5COc5cc(F)ccc54)ccc32)C1. The van der Waals surface area contributed by atoms with Crippen LogP contribution in [0.15, 0.2) is 54.6 Å². The molecule has 0 radical (unpaired) electrons. The fourth-order valence-corrected chi connectivity index (χ4v) is 5.30. The average molecular weight is 500 g/mol. The number of likely N-dealkylation sites (N-methyl/N-ethyl adjacent to an activating group) is 1. The molecule has 0 amide bonds. The molecule has 0 saturated carbocycles. The first kappa shape index (κ1) is 23.2. The van der Waals surface area contributed by atoms with Crippen LogP contribution in [0.3, 0.4) is 0 Å². The van der Waals surface area contributed by atoms with E-state index in [1.807, 2.05) is 47.0 Å². The summed E-state index contributed by atoms with van der Waals surface area (Å²) >= 11 is 0. The van der Waals surface area contributed by atoms with Gasteiger partial charge in [-0.3, -0.25) is 5.32 Å². The minimum atomic E-state index is -0.594. The number of aliphatic hydroxyl groups is 1. The number of nitrogens with zero attached hydrogens (tertiary/aromatic N) is 4. The van der Waals surface area contributed by atoms with Crippen LogP contribution < -0.4 is 10.1 Å². The molecule has 4 aromatic rings. The van der Waals surface area contributed by atoms with Crippen LogP contribution in [0.2, 0.25) is 0 Å². The van der Waals surface area contributed by atoms with E-state index in [1.54, 1.807) is 12.1 Å². The molecule has 6 rings (SSSR count). The van der Waals surface area contributed by atoms with Gasteiger partial charge in [-0.1, -0.05) is 12.1 Å². The van der Waals surface area contributed by atoms with E-state index < -0.39 is 11.9 Å². The van der Waals surface area contributed by atoms with Crippen molar-refractivity contribution in [2.24, 2.45) is 0 Å². The van der Waals surface area contributed by atoms with Crippen LogP contribution >= 0.6 is 0 Å². The van der Waals surface area contributed by atoms with Crippen molar-refractivity contribution in [1.29, 1.82) is 5.26 Å². The lowest BCUT2D eigenvalue weighted by molar-refractivity contribution is 0.148. The maximum absolute atomic E-state index is 14.0. The molecule has 7 nitrogen and oxygen atoms in total. The number of imidazole rings is 1. The highest BCUT2D eigenvalue weighted by atomic mass is 19.1. The number of fused-ring (bicyclic) bond motifs is 3. The van der Waals surface area contributed by atoms with Crippen molar-refractivity contribution in [3.05, 3.63) is 88.5 Å². The Kier molecular flexibility index (Phi) is 5.63. The second kappa shape index (κ2) is 9.00. The molecule has 2 N–H and O–H groups in total. The van der Waals surface area contributed by atoms with Crippen LogP contribution in [-0.4, -0.2) is 45.8 Å². The highest BCUT2D eigenvalue weighted by Crippen LogP contribution is 2.39. The number of aliphatic hydroxyl groups excluding tert-OH is 1. The van der Waals surface area contributed by atoms with Crippen LogP contribution in [0.4, 0.5) is 14.7 Å². The van der Waals surface area contributed by atoms with Crippen molar-refractivity contribution < 1.29 is 18.6 Å². The molecule has 37 heavy (non-hydrogen) atoms. The zero-order chi connectivity index (χ0) is 25.7. The van der Waals surface area contributed by atoms with Crippen molar-refractivity contribution in [2.45, 2.75) is 18.8 Å². The van der Waals surface area contributed by atoms with Crippen LogP contribution in [0.5, 0.6) is 5.75 Å². The quantitative estimate of drug-likeness (QED) is 0.318. The van der Waals surface area contributed by atoms with E-state index in [0.29, 0.717) is 41.4 Å². The monoisotopic (exact) mass is 499 g/mol. The topological polar surface area (TPSA) is 86.3 Å². The minimum absolute atomic E-state index is 0.117. The van der Waals surface area contributed by atoms with Crippen LogP contribution in [0.1, 0.15) is 28.3 Å². The molecule has 1 unspecified atom stereocenters. The van der Waals surface area contributed by atoms with Crippen LogP contribution in [0.25, 0.3) is 22.7 Å². The second-order valence-corrected chi connectivity index (χ2v) is 9.43. The number of rotatable bonds is 3. The largest absolute Gasteiger partial charge is 0.488 e. The van der Waals surface area contributed by atoms with Crippen molar-refractivity contribution in [2.75, 3.05) is 25.5 Å². The molecule has 2 atom stereocenters. The van der Waals surface area contributed by atoms with Gasteiger partial charge in [0.15, 0.2) is 6.19 Å². The van der Waals surface area contributed by atoms with Gasteiger partial charge >= 0.3 is 0 Å². The fraction of sp³-hybridized carbons (Fsp3) is 0.214. The molecule has 1 fully saturated rings. The third-order valence-corrected chi connectivity index (χ3v) is 6.94. The molecule has 0 aliphatic carbocycles. The molecule has 3 heterocycles. The molecule has 2 aliphatic heterocycles. The summed E-state index contributed by atoms with van der Waals surface area (Å²) in [7, 11) is 1.94. The smallest absolute Gasteiger partial charge is 0.217 e. The lowest BCUT2D eigenvalue weighted by Gasteiger charge is -2.18. The van der Waals surface area contributed by atoms with Crippen LogP contribution in [0, 0.1) is 23.1 Å². The van der Waals surface area contributed by atoms with Gasteiger partial charge in [-0.05, 0) is 66.2 Å². The number of aromatic nitrogens is 2. The zero-order valence-electron chi connectivity index (χ0n) is 19.9. The number of hydrogen-bond acceptors (Lipinski definition) is 6. The Morgan fingerprint density at radius 1 is 1.08 bits per heavy atom. The first-order chi connectivity index (χ1) is 17.9. The first-order valence-corrected chi connectivity index (χ1v) is 11.9. The van der Waals surface area contributed by atoms with Gasteiger partial charge < -0.3 is 19.3 Å². The molecular formula is C28H23F2N5O2. The number of benzene rings is 3. The molecule has 1 saturated heterocycles. The van der Waals surface area contributed by atoms with Gasteiger partial charge in [-0.15, -0.1) is 0 Å². The second-order valence-electron chi connectivity index (χ2n) is 9.43. The molecule has 0 bridgehead atoms. The number of anilines is 1. The van der Waals surface area contributed by atoms with Gasteiger partial charge in [0.25, 0.3) is 0 Å². The predicted octanol–water partition coefficient (Wildman–Crippen LogP) is 4.54. The van der Waals surface area contributed by atoms with Gasteiger partial charge in [-0.2, -0.15) is 5.26 Å². The molecule has 2 aliphatic rings. The number of nitriles is 1. The normalized spacial score (nSPS) is 20.2. The highest BCUT2D eigenvalue weighted by molar-refractivity contribution is 5.96. The molecular weight excluding hydrogens is 476 g/mol. The predicted molar refractivity (Wildman–Crippen MR) is 136 cm³/mol. The Bertz CT molecular complexity index is 1550. The van der Waals surface area contributed by atoms with Crippen molar-refractivity contribution in [3.8, 4) is 11.9 Å². The Morgan fingerprint density at radius 3 is 2.62 bits per heavy atom. The third-order valence-electron chi connectivity index (χ3n) is 6.94. The Balaban J connectivity index is 1.51. The molecule has 3 aromatic carbocycles. The summed E-state index contributed by atoms with van der Waals surface area (Å²) in [6.45, 7) is 1.27. The third kappa shape index (κ3) is 4.10. The summed E-state index contributed by atoms with van der Waals surface area (Å²) in [4.78, 5) is 6.67. The van der Waals surface area contributed by atoms with Gasteiger partial charge in [0.05, 0.1) is 23.2 Å². The number of likely N-dealkylation sites (tertiary alicyclic amines) is 1. The molecule has 0 spiro atoms. The van der Waals surface area contributed by atoms with E-state index in [1.165, 1.54) is 24.3 Å². The molecule has 1 aromatic heterocycles. The number of halogens is 2. The van der Waals surface area contributed by atoms with E-state index >= 15 is 0 Å². The fourth-order valence-electron chi connectivity index (χ4n) is 5.30. The number of ether oxygens (including phenoxy) is 1. The maximum atomic E-state index is 14.0. The zero-order valence-corrected chi connectivity index (χ0v) is 19.9. The standard InChI is InChI=1S/C28H23F2N5O2/c1-34-12-25(26(36)13-34)35-24-7-2-16(9-23(24)33-28(35)32-15-31)8-22-20-5-3-18(29)10-17(20)14-37-27-11-19(30)4-6-21(22)27/h2-11,25-26,36H,12-14H2,1H3,(H,32,33)/b22-8+/t25-,26?/m0/s1. The van der Waals surface area contributed by atoms with Gasteiger partial charge in [-0.25, -0.2) is 13.8 Å². The van der Waals surface area contributed by atoms with E-state index in [4.69, 9.17) is 4.74 Å². The Morgan fingerprint density at radius 2 is 1.86 bits per heavy atom. The van der Waals surface area contributed by atoms with Gasteiger partial charge in [0.2, 0.25) is 5.95 Å². The van der Waals surface area contributed by atoms with E-state index in [2.05, 4.69) is 10.3 Å². The number of hydrogen-bond donors (Lipinski definition) is 2. The number of nitrogens with one attached hydrogen (secondary N) is 1. The minimum Gasteiger partial charge on any atom is -0.488 e. The van der Waals surface area contributed by atoms with Crippen molar-refractivity contribution in [3.63, 3.8) is 0 Å². The summed E-state index contributed by atoms with van der Waals surface area (Å²) in [6, 6.07) is 14.4. The Hall–Kier alpha value is -4.26. The first-order valence-electron chi connectivity index (χ1n) is 11.9. The van der Waals surface area contributed by atoms with Crippen molar-refractivity contribution in [1.82, 2.24) is 14.5 Å². The maximum Gasteiger partial charge on any atom is 0.217 e. The highest BCUT2D eigenvalue weighted by Gasteiger charge is 2.33. The van der Waals surface area contributed by atoms with Gasteiger partial charge in [0, 0.05) is 30.3 Å². The molecule has 186 valence electrons. The summed E-state index contributed by atoms with van der Waals surface area (Å²) in [5.41, 5.74) is 5.17. The van der Waals surface area contributed by atoms with Gasteiger partial charge in [0.1, 0.15) is 24.0 Å².